The Balaban J connectivity index is 0.000000128. The van der Waals surface area contributed by atoms with Gasteiger partial charge in [-0.15, -0.1) is 10.2 Å². The summed E-state index contributed by atoms with van der Waals surface area (Å²) in [6.07, 6.45) is 16.2. The van der Waals surface area contributed by atoms with E-state index in [1.54, 1.807) is 61.7 Å². The Hall–Kier alpha value is -8.09. The van der Waals surface area contributed by atoms with Crippen LogP contribution in [0.3, 0.4) is 0 Å². The average Bonchev–Trinajstić information content (AvgIpc) is 1.52. The molecule has 590 valence electrons. The number of aliphatic hydroxyl groups is 3. The summed E-state index contributed by atoms with van der Waals surface area (Å²) in [6, 6.07) is 20.5. The van der Waals surface area contributed by atoms with Gasteiger partial charge in [0.15, 0.2) is 38.1 Å². The Labute approximate surface area is 674 Å². The van der Waals surface area contributed by atoms with Crippen LogP contribution in [0.5, 0.6) is 5.88 Å². The molecule has 4 aliphatic carbocycles. The fraction of sp³-hybridized carbons (Fsp3) is 0.395. The SMILES string of the molecule is Brc1cnc(I)nc1.CC1(C)OB(c2cnc(C3(O)COC3)nc2)OC1(C)C.CC1(C)[C@H]2CC[C@]1(c1cccc(-c3cnc(C4(O)COC4)nc3)n1)c1nnc(-c3c(F)cccc3F)cc12.CC1(C)[C@H]2CC[C@]1(c1cccc(OS(=O)(=O)C(F)(F)F)n1)c1nnc(-c3c(F)cccc3F)cc12.OC1(c2ncc(Br)cn2)COC1. The summed E-state index contributed by atoms with van der Waals surface area (Å²) >= 11 is 8.48. The molecule has 8 aliphatic rings. The average molecular weight is 1820 g/mol. The molecular formula is C76H71BBr2F7IN14O11S. The fourth-order valence-electron chi connectivity index (χ4n) is 15.7. The van der Waals surface area contributed by atoms with Crippen LogP contribution < -0.4 is 9.65 Å². The Morgan fingerprint density at radius 3 is 1.27 bits per heavy atom. The number of benzene rings is 2. The largest absolute Gasteiger partial charge is 0.534 e. The second-order valence-corrected chi connectivity index (χ2v) is 35.0. The van der Waals surface area contributed by atoms with Gasteiger partial charge >= 0.3 is 22.7 Å². The van der Waals surface area contributed by atoms with Gasteiger partial charge in [-0.25, -0.2) is 62.4 Å². The molecule has 4 saturated heterocycles. The predicted octanol–water partition coefficient (Wildman–Crippen LogP) is 12.2. The lowest BCUT2D eigenvalue weighted by Crippen LogP contribution is -2.48. The zero-order valence-corrected chi connectivity index (χ0v) is 67.7. The maximum atomic E-state index is 14.5. The van der Waals surface area contributed by atoms with Crippen LogP contribution in [-0.2, 0) is 61.3 Å². The number of aromatic nitrogens is 14. The molecular weight excluding hydrogens is 1750 g/mol. The van der Waals surface area contributed by atoms with Gasteiger partial charge in [0, 0.05) is 89.3 Å². The smallest absolute Gasteiger partial charge is 0.399 e. The maximum Gasteiger partial charge on any atom is 0.534 e. The molecule has 2 aromatic carbocycles. The number of rotatable bonds is 11. The van der Waals surface area contributed by atoms with E-state index in [1.807, 2.05) is 65.8 Å². The van der Waals surface area contributed by atoms with Crippen molar-refractivity contribution in [3.63, 3.8) is 0 Å². The first-order valence-electron chi connectivity index (χ1n) is 35.4. The fourth-order valence-corrected chi connectivity index (χ4v) is 16.8. The van der Waals surface area contributed by atoms with Gasteiger partial charge < -0.3 is 43.0 Å². The zero-order chi connectivity index (χ0) is 80.9. The molecule has 3 N–H and O–H groups in total. The van der Waals surface area contributed by atoms with Crippen molar-refractivity contribution in [2.24, 2.45) is 10.8 Å². The second kappa shape index (κ2) is 30.2. The van der Waals surface area contributed by atoms with E-state index in [4.69, 9.17) is 28.5 Å². The molecule has 12 heterocycles. The van der Waals surface area contributed by atoms with Crippen LogP contribution >= 0.6 is 54.5 Å². The third kappa shape index (κ3) is 14.7. The number of fused-ring (bicyclic) bond motifs is 10. The van der Waals surface area contributed by atoms with Crippen molar-refractivity contribution in [2.75, 3.05) is 39.6 Å². The van der Waals surface area contributed by atoms with Crippen LogP contribution in [-0.4, -0.2) is 157 Å². The highest BCUT2D eigenvalue weighted by Gasteiger charge is 2.67. The Bertz CT molecular complexity index is 5310. The van der Waals surface area contributed by atoms with Crippen molar-refractivity contribution >= 4 is 77.2 Å². The molecule has 18 rings (SSSR count). The predicted molar refractivity (Wildman–Crippen MR) is 407 cm³/mol. The van der Waals surface area contributed by atoms with E-state index < -0.39 is 96.1 Å². The van der Waals surface area contributed by atoms with E-state index in [0.717, 1.165) is 71.8 Å². The normalized spacial score (nSPS) is 22.6. The second-order valence-electron chi connectivity index (χ2n) is 30.6. The van der Waals surface area contributed by atoms with Crippen LogP contribution in [0.15, 0.2) is 143 Å². The Morgan fingerprint density at radius 1 is 0.504 bits per heavy atom. The summed E-state index contributed by atoms with van der Waals surface area (Å²) in [7, 11) is -6.39. The number of nitrogens with zero attached hydrogens (tertiary/aromatic N) is 14. The number of hydrogen-bond acceptors (Lipinski definition) is 25. The minimum absolute atomic E-state index is 0.0270. The highest BCUT2D eigenvalue weighted by Crippen LogP contribution is 2.71. The van der Waals surface area contributed by atoms with E-state index >= 15 is 0 Å². The molecule has 37 heteroatoms. The van der Waals surface area contributed by atoms with E-state index in [1.165, 1.54) is 30.3 Å². The molecule has 8 aromatic heterocycles. The van der Waals surface area contributed by atoms with E-state index in [9.17, 15) is 54.5 Å². The van der Waals surface area contributed by atoms with Crippen molar-refractivity contribution in [1.82, 2.24) is 70.2 Å². The van der Waals surface area contributed by atoms with Gasteiger partial charge in [-0.1, -0.05) is 52.0 Å². The number of hydrogen-bond donors (Lipinski definition) is 3. The van der Waals surface area contributed by atoms with Gasteiger partial charge in [-0.3, -0.25) is 4.98 Å². The maximum absolute atomic E-state index is 14.5. The minimum Gasteiger partial charge on any atom is -0.399 e. The van der Waals surface area contributed by atoms with Crippen LogP contribution in [0.4, 0.5) is 30.7 Å². The third-order valence-electron chi connectivity index (χ3n) is 22.7. The first-order valence-corrected chi connectivity index (χ1v) is 39.5. The molecule has 2 saturated carbocycles. The monoisotopic (exact) mass is 1820 g/mol. The van der Waals surface area contributed by atoms with Gasteiger partial charge in [-0.05, 0) is 174 Å². The first kappa shape index (κ1) is 81.5. The Morgan fingerprint density at radius 2 is 0.876 bits per heavy atom. The summed E-state index contributed by atoms with van der Waals surface area (Å²) in [6.45, 7) is 17.7. The Kier molecular flexibility index (Phi) is 21.8. The zero-order valence-electron chi connectivity index (χ0n) is 61.6. The number of halogens is 10. The van der Waals surface area contributed by atoms with Crippen molar-refractivity contribution in [2.45, 2.75) is 137 Å². The number of ether oxygens (including phenoxy) is 3. The minimum atomic E-state index is -5.90. The van der Waals surface area contributed by atoms with Crippen molar-refractivity contribution < 1.29 is 82.2 Å². The van der Waals surface area contributed by atoms with Crippen molar-refractivity contribution in [3.8, 4) is 39.7 Å². The molecule has 4 bridgehead atoms. The van der Waals surface area contributed by atoms with Gasteiger partial charge in [0.05, 0.1) is 122 Å². The summed E-state index contributed by atoms with van der Waals surface area (Å²) in [5.74, 6) is -2.41. The molecule has 4 atom stereocenters. The third-order valence-corrected chi connectivity index (χ3v) is 25.0. The molecule has 6 fully saturated rings. The van der Waals surface area contributed by atoms with Crippen molar-refractivity contribution in [1.29, 1.82) is 0 Å². The number of pyridine rings is 2. The van der Waals surface area contributed by atoms with E-state index in [-0.39, 0.29) is 85.1 Å². The molecule has 0 amide bonds. The highest BCUT2D eigenvalue weighted by atomic mass is 127. The lowest BCUT2D eigenvalue weighted by Gasteiger charge is -2.37. The molecule has 0 unspecified atom stereocenters. The summed E-state index contributed by atoms with van der Waals surface area (Å²) < 4.78 is 153. The van der Waals surface area contributed by atoms with Crippen LogP contribution in [0.25, 0.3) is 33.8 Å². The van der Waals surface area contributed by atoms with Gasteiger partial charge in [-0.2, -0.15) is 31.8 Å². The number of alkyl halides is 3. The van der Waals surface area contributed by atoms with Crippen LogP contribution in [0.2, 0.25) is 0 Å². The molecule has 113 heavy (non-hydrogen) atoms. The molecule has 4 aliphatic heterocycles. The topological polar surface area (TPSA) is 331 Å². The lowest BCUT2D eigenvalue weighted by molar-refractivity contribution is -0.189. The lowest BCUT2D eigenvalue weighted by atomic mass is 9.66. The quantitative estimate of drug-likeness (QED) is 0.0270. The molecule has 0 spiro atoms. The van der Waals surface area contributed by atoms with Gasteiger partial charge in [0.1, 0.15) is 23.3 Å². The van der Waals surface area contributed by atoms with Crippen LogP contribution in [0.1, 0.15) is 144 Å². The summed E-state index contributed by atoms with van der Waals surface area (Å²) in [4.78, 5) is 42.2. The highest BCUT2D eigenvalue weighted by molar-refractivity contribution is 14.1. The standard InChI is InChI=1S/C29H25F2N5O2.C23H18F5N3O3S.C13H19BN2O4.C7H7BrN2O2.C4H2BrIN2/c1-27(2)18-9-10-29(27,25-17(18)11-22(35-36-25)24-19(30)5-3-6-20(24)31)23-8-4-7-21(34-23)16-12-32-26(33-13-16)28(37)14-38-15-28;1-21(2)13-9-10-22(21,17-7-4-8-18(29-17)34-35(32,33)23(26,27)28)20-12(13)11-16(30-31-20)19-14(24)5-3-6-15(19)25;1-11(2)12(3,4)20-14(19-11)9-5-15-10(16-6-9)13(17)7-18-8-13;8-5-1-9-6(10-2-5)7(11)3-12-4-7;5-3-1-7-4(6)8-2-3/h3-8,11-13,18,37H,9-10,14-15H2,1-2H3;3-8,11,13H,9-10H2,1-2H3;5-6,17H,7-8H2,1-4H3;1-2,11H,3-4H2;1-2H/t18-,29-;13-,22-;;;/m00.../s1. The van der Waals surface area contributed by atoms with Crippen LogP contribution in [0, 0.1) is 37.9 Å². The molecule has 10 aromatic rings. The van der Waals surface area contributed by atoms with Crippen molar-refractivity contribution in [3.05, 3.63) is 222 Å². The van der Waals surface area contributed by atoms with E-state index in [0.29, 0.717) is 47.3 Å². The summed E-state index contributed by atoms with van der Waals surface area (Å²) in [5, 5.41) is 47.6. The molecule has 25 nitrogen and oxygen atoms in total. The van der Waals surface area contributed by atoms with E-state index in [2.05, 4.69) is 138 Å². The van der Waals surface area contributed by atoms with Gasteiger partial charge in [0.25, 0.3) is 0 Å². The molecule has 0 radical (unpaired) electrons. The summed E-state index contributed by atoms with van der Waals surface area (Å²) in [5.41, 5.74) is -5.64. The first-order chi connectivity index (χ1) is 53.3. The van der Waals surface area contributed by atoms with Gasteiger partial charge in [0.2, 0.25) is 5.88 Å².